The molecule has 0 saturated carbocycles. The van der Waals surface area contributed by atoms with E-state index in [9.17, 15) is 0 Å². The van der Waals surface area contributed by atoms with Crippen LogP contribution in [0.15, 0.2) is 101 Å². The van der Waals surface area contributed by atoms with E-state index < -0.39 is 0 Å². The van der Waals surface area contributed by atoms with E-state index in [1.54, 1.807) is 6.26 Å². The maximum absolute atomic E-state index is 6.33. The smallest absolute Gasteiger partial charge is 0.248 e. The van der Waals surface area contributed by atoms with Crippen LogP contribution in [0.1, 0.15) is 29.3 Å². The van der Waals surface area contributed by atoms with Crippen LogP contribution in [0.3, 0.4) is 0 Å². The second-order valence-corrected chi connectivity index (χ2v) is 8.83. The minimum absolute atomic E-state index is 0.139. The van der Waals surface area contributed by atoms with Crippen molar-refractivity contribution in [2.45, 2.75) is 19.4 Å². The fourth-order valence-corrected chi connectivity index (χ4v) is 4.50. The van der Waals surface area contributed by atoms with Crippen LogP contribution in [0, 0.1) is 6.92 Å². The van der Waals surface area contributed by atoms with Crippen LogP contribution in [0.25, 0.3) is 22.2 Å². The summed E-state index contributed by atoms with van der Waals surface area (Å²) < 4.78 is 5.80. The highest BCUT2D eigenvalue weighted by molar-refractivity contribution is 6.31. The zero-order valence-corrected chi connectivity index (χ0v) is 19.3. The van der Waals surface area contributed by atoms with E-state index in [2.05, 4.69) is 31.2 Å². The van der Waals surface area contributed by atoms with E-state index in [4.69, 9.17) is 31.1 Å². The van der Waals surface area contributed by atoms with Crippen LogP contribution >= 0.6 is 11.6 Å². The van der Waals surface area contributed by atoms with Crippen LogP contribution in [0.4, 0.5) is 5.95 Å². The molecule has 0 aliphatic carbocycles. The van der Waals surface area contributed by atoms with Crippen LogP contribution in [-0.2, 0) is 0 Å². The molecule has 1 aliphatic heterocycles. The standard InChI is InChI=1S/C28H21ClN4O/c1-18-9-11-19(12-10-18)24-17-25(26-8-5-15-34-26)33(32-24)28-30-23-14-13-21(29)16-22(23)27(31-28)20-6-3-2-4-7-20/h2-16,25H,17H2,1H3. The van der Waals surface area contributed by atoms with E-state index in [1.165, 1.54) is 5.56 Å². The van der Waals surface area contributed by atoms with Gasteiger partial charge in [0.05, 0.1) is 23.2 Å². The van der Waals surface area contributed by atoms with E-state index in [0.29, 0.717) is 17.4 Å². The van der Waals surface area contributed by atoms with Crippen LogP contribution in [0.2, 0.25) is 5.02 Å². The number of aryl methyl sites for hydroxylation is 1. The van der Waals surface area contributed by atoms with E-state index >= 15 is 0 Å². The summed E-state index contributed by atoms with van der Waals surface area (Å²) >= 11 is 6.33. The molecule has 3 aromatic carbocycles. The third-order valence-corrected chi connectivity index (χ3v) is 6.30. The highest BCUT2D eigenvalue weighted by atomic mass is 35.5. The number of nitrogens with zero attached hydrogens (tertiary/aromatic N) is 4. The first-order valence-corrected chi connectivity index (χ1v) is 11.5. The van der Waals surface area contributed by atoms with Crippen molar-refractivity contribution < 1.29 is 4.42 Å². The Balaban J connectivity index is 1.53. The number of benzene rings is 3. The summed E-state index contributed by atoms with van der Waals surface area (Å²) in [5.74, 6) is 1.35. The number of halogens is 1. The van der Waals surface area contributed by atoms with Gasteiger partial charge in [0.15, 0.2) is 0 Å². The molecule has 3 heterocycles. The molecule has 0 bridgehead atoms. The molecule has 5 aromatic rings. The second-order valence-electron chi connectivity index (χ2n) is 8.39. The van der Waals surface area contributed by atoms with Gasteiger partial charge in [-0.2, -0.15) is 5.10 Å². The number of hydrogen-bond acceptors (Lipinski definition) is 5. The SMILES string of the molecule is Cc1ccc(C2=NN(c3nc(-c4ccccc4)c4cc(Cl)ccc4n3)C(c3ccco3)C2)cc1. The lowest BCUT2D eigenvalue weighted by Gasteiger charge is -2.21. The average molecular weight is 465 g/mol. The third-order valence-electron chi connectivity index (χ3n) is 6.06. The van der Waals surface area contributed by atoms with Crippen molar-refractivity contribution in [3.05, 3.63) is 113 Å². The lowest BCUT2D eigenvalue weighted by Crippen LogP contribution is -2.20. The number of hydrazone groups is 1. The molecular formula is C28H21ClN4O. The molecule has 1 atom stereocenters. The van der Waals surface area contributed by atoms with Gasteiger partial charge in [-0.1, -0.05) is 71.8 Å². The fourth-order valence-electron chi connectivity index (χ4n) is 4.32. The Hall–Kier alpha value is -3.96. The Morgan fingerprint density at radius 2 is 1.71 bits per heavy atom. The molecule has 5 nitrogen and oxygen atoms in total. The summed E-state index contributed by atoms with van der Waals surface area (Å²) in [5.41, 5.74) is 5.90. The quantitative estimate of drug-likeness (QED) is 0.282. The molecule has 6 heteroatoms. The second kappa shape index (κ2) is 8.43. The maximum Gasteiger partial charge on any atom is 0.248 e. The summed E-state index contributed by atoms with van der Waals surface area (Å²) in [5, 5.41) is 8.43. The third kappa shape index (κ3) is 3.74. The molecule has 0 amide bonds. The molecule has 0 spiro atoms. The Labute approximate surface area is 202 Å². The summed E-state index contributed by atoms with van der Waals surface area (Å²) in [7, 11) is 0. The Kier molecular flexibility index (Phi) is 5.12. The zero-order valence-electron chi connectivity index (χ0n) is 18.5. The van der Waals surface area contributed by atoms with Crippen molar-refractivity contribution in [1.29, 1.82) is 0 Å². The minimum Gasteiger partial charge on any atom is -0.467 e. The van der Waals surface area contributed by atoms with Crippen LogP contribution in [0.5, 0.6) is 0 Å². The zero-order chi connectivity index (χ0) is 23.1. The number of hydrogen-bond donors (Lipinski definition) is 0. The molecular weight excluding hydrogens is 444 g/mol. The first kappa shape index (κ1) is 20.6. The van der Waals surface area contributed by atoms with Crippen molar-refractivity contribution in [3.8, 4) is 11.3 Å². The molecule has 6 rings (SSSR count). The first-order valence-electron chi connectivity index (χ1n) is 11.2. The minimum atomic E-state index is -0.139. The molecule has 166 valence electrons. The van der Waals surface area contributed by atoms with Crippen molar-refractivity contribution >= 4 is 34.2 Å². The van der Waals surface area contributed by atoms with E-state index in [0.717, 1.165) is 39.2 Å². The lowest BCUT2D eigenvalue weighted by atomic mass is 10.0. The predicted octanol–water partition coefficient (Wildman–Crippen LogP) is 7.21. The van der Waals surface area contributed by atoms with Gasteiger partial charge in [-0.3, -0.25) is 0 Å². The Morgan fingerprint density at radius 3 is 2.47 bits per heavy atom. The highest BCUT2D eigenvalue weighted by Crippen LogP contribution is 2.38. The van der Waals surface area contributed by atoms with Gasteiger partial charge in [-0.05, 0) is 42.8 Å². The van der Waals surface area contributed by atoms with Crippen molar-refractivity contribution in [1.82, 2.24) is 9.97 Å². The van der Waals surface area contributed by atoms with Gasteiger partial charge in [0.2, 0.25) is 5.95 Å². The summed E-state index contributed by atoms with van der Waals surface area (Å²) in [4.78, 5) is 9.90. The van der Waals surface area contributed by atoms with Gasteiger partial charge >= 0.3 is 0 Å². The summed E-state index contributed by atoms with van der Waals surface area (Å²) in [6.45, 7) is 2.08. The molecule has 34 heavy (non-hydrogen) atoms. The van der Waals surface area contributed by atoms with Crippen molar-refractivity contribution in [3.63, 3.8) is 0 Å². The number of aromatic nitrogens is 2. The van der Waals surface area contributed by atoms with Crippen LogP contribution < -0.4 is 5.01 Å². The topological polar surface area (TPSA) is 54.5 Å². The largest absolute Gasteiger partial charge is 0.467 e. The number of fused-ring (bicyclic) bond motifs is 1. The van der Waals surface area contributed by atoms with Gasteiger partial charge in [-0.25, -0.2) is 15.0 Å². The molecule has 0 saturated heterocycles. The molecule has 1 unspecified atom stereocenters. The van der Waals surface area contributed by atoms with E-state index in [1.807, 2.05) is 65.7 Å². The number of rotatable bonds is 4. The molecule has 0 radical (unpaired) electrons. The monoisotopic (exact) mass is 464 g/mol. The summed E-state index contributed by atoms with van der Waals surface area (Å²) in [6, 6.07) is 27.9. The Bertz CT molecular complexity index is 1500. The van der Waals surface area contributed by atoms with Gasteiger partial charge in [0, 0.05) is 22.4 Å². The van der Waals surface area contributed by atoms with Gasteiger partial charge in [-0.15, -0.1) is 0 Å². The first-order chi connectivity index (χ1) is 16.7. The molecule has 2 aromatic heterocycles. The predicted molar refractivity (Wildman–Crippen MR) is 136 cm³/mol. The Morgan fingerprint density at radius 1 is 0.882 bits per heavy atom. The molecule has 1 aliphatic rings. The molecule has 0 N–H and O–H groups in total. The lowest BCUT2D eigenvalue weighted by molar-refractivity contribution is 0.463. The van der Waals surface area contributed by atoms with Gasteiger partial charge < -0.3 is 4.42 Å². The van der Waals surface area contributed by atoms with Crippen molar-refractivity contribution in [2.24, 2.45) is 5.10 Å². The molecule has 0 fully saturated rings. The normalized spacial score (nSPS) is 15.6. The fraction of sp³-hybridized carbons (Fsp3) is 0.107. The van der Waals surface area contributed by atoms with Crippen LogP contribution in [-0.4, -0.2) is 15.7 Å². The van der Waals surface area contributed by atoms with Gasteiger partial charge in [0.25, 0.3) is 0 Å². The maximum atomic E-state index is 6.33. The van der Waals surface area contributed by atoms with E-state index in [-0.39, 0.29) is 6.04 Å². The number of anilines is 1. The van der Waals surface area contributed by atoms with Crippen molar-refractivity contribution in [2.75, 3.05) is 5.01 Å². The van der Waals surface area contributed by atoms with Gasteiger partial charge in [0.1, 0.15) is 11.8 Å². The highest BCUT2D eigenvalue weighted by Gasteiger charge is 2.34. The number of furan rings is 1. The average Bonchev–Trinajstić information content (AvgIpc) is 3.55. The summed E-state index contributed by atoms with van der Waals surface area (Å²) in [6.07, 6.45) is 2.38.